The van der Waals surface area contributed by atoms with Crippen molar-refractivity contribution in [1.82, 2.24) is 4.98 Å². The Balaban J connectivity index is 2.31. The van der Waals surface area contributed by atoms with E-state index in [0.29, 0.717) is 5.56 Å². The fraction of sp³-hybridized carbons (Fsp3) is 0. The van der Waals surface area contributed by atoms with Crippen LogP contribution in [0.5, 0.6) is 0 Å². The highest BCUT2D eigenvalue weighted by Gasteiger charge is 2.14. The van der Waals surface area contributed by atoms with E-state index in [0.717, 1.165) is 6.20 Å². The first-order valence-electron chi connectivity index (χ1n) is 5.44. The van der Waals surface area contributed by atoms with Gasteiger partial charge in [-0.1, -0.05) is 6.07 Å². The Labute approximate surface area is 116 Å². The van der Waals surface area contributed by atoms with Gasteiger partial charge < -0.3 is 0 Å². The number of rotatable bonds is 3. The highest BCUT2D eigenvalue weighted by molar-refractivity contribution is 7.92. The molecule has 98 valence electrons. The highest BCUT2D eigenvalue weighted by Crippen LogP contribution is 2.16. The lowest BCUT2D eigenvalue weighted by atomic mass is 10.2. The maximum atomic E-state index is 12.1. The van der Waals surface area contributed by atoms with E-state index < -0.39 is 10.0 Å². The Kier molecular flexibility index (Phi) is 3.65. The minimum Gasteiger partial charge on any atom is -0.280 e. The molecule has 0 unspecified atom stereocenters. The predicted octanol–water partition coefficient (Wildman–Crippen LogP) is 1.63. The lowest BCUT2D eigenvalue weighted by molar-refractivity contribution is 0.601. The summed E-state index contributed by atoms with van der Waals surface area (Å²) in [5.74, 6) is 0. The zero-order valence-electron chi connectivity index (χ0n) is 10.1. The smallest absolute Gasteiger partial charge is 0.263 e. The SMILES string of the molecule is N#Cc1cccc(NS(=O)(=O)c2ccc(C#N)nc2)c1. The molecular formula is C13H8N4O2S. The topological polar surface area (TPSA) is 107 Å². The summed E-state index contributed by atoms with van der Waals surface area (Å²) < 4.78 is 26.5. The van der Waals surface area contributed by atoms with Gasteiger partial charge in [0.1, 0.15) is 16.7 Å². The van der Waals surface area contributed by atoms with E-state index in [9.17, 15) is 8.42 Å². The normalized spacial score (nSPS) is 10.3. The van der Waals surface area contributed by atoms with E-state index in [-0.39, 0.29) is 16.3 Å². The fourth-order valence-corrected chi connectivity index (χ4v) is 2.47. The van der Waals surface area contributed by atoms with E-state index in [4.69, 9.17) is 10.5 Å². The van der Waals surface area contributed by atoms with Crippen molar-refractivity contribution in [3.05, 3.63) is 53.9 Å². The summed E-state index contributed by atoms with van der Waals surface area (Å²) in [4.78, 5) is 3.65. The largest absolute Gasteiger partial charge is 0.280 e. The number of aromatic nitrogens is 1. The van der Waals surface area contributed by atoms with Crippen LogP contribution in [0.2, 0.25) is 0 Å². The number of hydrogen-bond acceptors (Lipinski definition) is 5. The Hall–Kier alpha value is -2.90. The molecule has 0 spiro atoms. The van der Waals surface area contributed by atoms with Crippen molar-refractivity contribution in [3.8, 4) is 12.1 Å². The Morgan fingerprint density at radius 2 is 1.90 bits per heavy atom. The average molecular weight is 284 g/mol. The van der Waals surface area contributed by atoms with Gasteiger partial charge in [0.25, 0.3) is 10.0 Å². The first kappa shape index (κ1) is 13.5. The van der Waals surface area contributed by atoms with Crippen molar-refractivity contribution in [2.24, 2.45) is 0 Å². The second kappa shape index (κ2) is 5.39. The third-order valence-corrected chi connectivity index (χ3v) is 3.77. The summed E-state index contributed by atoms with van der Waals surface area (Å²) in [6.07, 6.45) is 1.11. The van der Waals surface area contributed by atoms with Crippen molar-refractivity contribution in [2.75, 3.05) is 4.72 Å². The van der Waals surface area contributed by atoms with Gasteiger partial charge in [0.15, 0.2) is 0 Å². The Bertz CT molecular complexity index is 815. The zero-order valence-corrected chi connectivity index (χ0v) is 10.9. The van der Waals surface area contributed by atoms with E-state index in [1.54, 1.807) is 12.1 Å². The Morgan fingerprint density at radius 3 is 2.50 bits per heavy atom. The molecule has 0 saturated carbocycles. The molecule has 20 heavy (non-hydrogen) atoms. The van der Waals surface area contributed by atoms with Crippen LogP contribution in [0.25, 0.3) is 0 Å². The molecule has 2 rings (SSSR count). The number of hydrogen-bond donors (Lipinski definition) is 1. The predicted molar refractivity (Wildman–Crippen MR) is 70.9 cm³/mol. The molecule has 0 aliphatic rings. The van der Waals surface area contributed by atoms with Crippen molar-refractivity contribution >= 4 is 15.7 Å². The third-order valence-electron chi connectivity index (χ3n) is 2.41. The van der Waals surface area contributed by atoms with Crippen LogP contribution in [0.1, 0.15) is 11.3 Å². The summed E-state index contributed by atoms with van der Waals surface area (Å²) >= 11 is 0. The molecular weight excluding hydrogens is 276 g/mol. The quantitative estimate of drug-likeness (QED) is 0.921. The van der Waals surface area contributed by atoms with Crippen LogP contribution in [0.3, 0.4) is 0 Å². The van der Waals surface area contributed by atoms with Gasteiger partial charge in [-0.3, -0.25) is 4.72 Å². The lowest BCUT2D eigenvalue weighted by Crippen LogP contribution is -2.13. The number of nitrogens with zero attached hydrogens (tertiary/aromatic N) is 3. The molecule has 0 fully saturated rings. The van der Waals surface area contributed by atoms with E-state index >= 15 is 0 Å². The molecule has 0 aliphatic carbocycles. The summed E-state index contributed by atoms with van der Waals surface area (Å²) in [7, 11) is -3.79. The van der Waals surface area contributed by atoms with Crippen LogP contribution >= 0.6 is 0 Å². The van der Waals surface area contributed by atoms with Gasteiger partial charge in [0, 0.05) is 6.20 Å². The molecule has 7 heteroatoms. The van der Waals surface area contributed by atoms with Gasteiger partial charge in [-0.25, -0.2) is 13.4 Å². The van der Waals surface area contributed by atoms with Crippen LogP contribution < -0.4 is 4.72 Å². The van der Waals surface area contributed by atoms with Gasteiger partial charge in [-0.05, 0) is 30.3 Å². The Morgan fingerprint density at radius 1 is 1.10 bits per heavy atom. The van der Waals surface area contributed by atoms with Gasteiger partial charge >= 0.3 is 0 Å². The second-order valence-electron chi connectivity index (χ2n) is 3.79. The second-order valence-corrected chi connectivity index (χ2v) is 5.47. The first-order chi connectivity index (χ1) is 9.55. The van der Waals surface area contributed by atoms with Gasteiger partial charge in [-0.15, -0.1) is 0 Å². The molecule has 0 aliphatic heterocycles. The third kappa shape index (κ3) is 2.91. The zero-order chi connectivity index (χ0) is 14.6. The summed E-state index contributed by atoms with van der Waals surface area (Å²) in [5, 5.41) is 17.4. The number of benzene rings is 1. The van der Waals surface area contributed by atoms with E-state index in [1.165, 1.54) is 24.3 Å². The molecule has 1 N–H and O–H groups in total. The monoisotopic (exact) mass is 284 g/mol. The molecule has 1 heterocycles. The van der Waals surface area contributed by atoms with Crippen LogP contribution in [0.4, 0.5) is 5.69 Å². The number of anilines is 1. The van der Waals surface area contributed by atoms with Crippen LogP contribution in [-0.2, 0) is 10.0 Å². The molecule has 0 saturated heterocycles. The summed E-state index contributed by atoms with van der Waals surface area (Å²) in [6, 6.07) is 12.5. The summed E-state index contributed by atoms with van der Waals surface area (Å²) in [6.45, 7) is 0. The molecule has 1 aromatic carbocycles. The number of nitriles is 2. The van der Waals surface area contributed by atoms with Crippen LogP contribution in [0.15, 0.2) is 47.5 Å². The molecule has 6 nitrogen and oxygen atoms in total. The molecule has 0 atom stereocenters. The number of nitrogens with one attached hydrogen (secondary N) is 1. The van der Waals surface area contributed by atoms with Crippen molar-refractivity contribution < 1.29 is 8.42 Å². The molecule has 1 aromatic heterocycles. The van der Waals surface area contributed by atoms with Crippen molar-refractivity contribution in [1.29, 1.82) is 10.5 Å². The first-order valence-corrected chi connectivity index (χ1v) is 6.92. The van der Waals surface area contributed by atoms with Crippen LogP contribution in [-0.4, -0.2) is 13.4 Å². The highest BCUT2D eigenvalue weighted by atomic mass is 32.2. The number of pyridine rings is 1. The van der Waals surface area contributed by atoms with E-state index in [2.05, 4.69) is 9.71 Å². The standard InChI is InChI=1S/C13H8N4O2S/c14-7-10-2-1-3-11(6-10)17-20(18,19)13-5-4-12(8-15)16-9-13/h1-6,9,17H. The summed E-state index contributed by atoms with van der Waals surface area (Å²) in [5.41, 5.74) is 0.770. The maximum absolute atomic E-state index is 12.1. The number of sulfonamides is 1. The lowest BCUT2D eigenvalue weighted by Gasteiger charge is -2.07. The maximum Gasteiger partial charge on any atom is 0.263 e. The van der Waals surface area contributed by atoms with Gasteiger partial charge in [-0.2, -0.15) is 10.5 Å². The van der Waals surface area contributed by atoms with Crippen molar-refractivity contribution in [2.45, 2.75) is 4.90 Å². The molecule has 0 bridgehead atoms. The average Bonchev–Trinajstić information content (AvgIpc) is 2.47. The molecule has 0 amide bonds. The molecule has 0 radical (unpaired) electrons. The molecule has 2 aromatic rings. The minimum absolute atomic E-state index is 0.0566. The van der Waals surface area contributed by atoms with Crippen LogP contribution in [0, 0.1) is 22.7 Å². The fourth-order valence-electron chi connectivity index (χ4n) is 1.47. The van der Waals surface area contributed by atoms with E-state index in [1.807, 2.05) is 12.1 Å². The van der Waals surface area contributed by atoms with Gasteiger partial charge in [0.2, 0.25) is 0 Å². The van der Waals surface area contributed by atoms with Gasteiger partial charge in [0.05, 0.1) is 17.3 Å². The van der Waals surface area contributed by atoms with Crippen molar-refractivity contribution in [3.63, 3.8) is 0 Å². The minimum atomic E-state index is -3.79.